The summed E-state index contributed by atoms with van der Waals surface area (Å²) in [4.78, 5) is 18.4. The maximum Gasteiger partial charge on any atom is 0.279 e. The maximum atomic E-state index is 11.0. The van der Waals surface area contributed by atoms with Crippen LogP contribution in [-0.2, 0) is 0 Å². The van der Waals surface area contributed by atoms with Gasteiger partial charge in [0.05, 0.1) is 10.3 Å². The topological polar surface area (TPSA) is 78.2 Å². The van der Waals surface area contributed by atoms with Gasteiger partial charge < -0.3 is 4.74 Å². The molecule has 2 aromatic heterocycles. The number of fused-ring (bicyclic) bond motifs is 1. The normalized spacial score (nSPS) is 10.5. The van der Waals surface area contributed by atoms with E-state index in [2.05, 4.69) is 9.97 Å². The van der Waals surface area contributed by atoms with Crippen molar-refractivity contribution < 1.29 is 9.66 Å². The molecule has 21 heavy (non-hydrogen) atoms. The Balaban J connectivity index is 2.14. The van der Waals surface area contributed by atoms with Crippen LogP contribution in [0.3, 0.4) is 0 Å². The van der Waals surface area contributed by atoms with Crippen molar-refractivity contribution in [1.29, 1.82) is 0 Å². The van der Waals surface area contributed by atoms with Crippen LogP contribution in [0.25, 0.3) is 10.8 Å². The SMILES string of the molecule is O=[N+]([O-])c1ccc(Oc2cccnc2Cl)c2ccncc12. The molecule has 0 spiro atoms. The van der Waals surface area contributed by atoms with Crippen LogP contribution >= 0.6 is 11.6 Å². The van der Waals surface area contributed by atoms with Gasteiger partial charge in [0, 0.05) is 30.0 Å². The smallest absolute Gasteiger partial charge is 0.279 e. The summed E-state index contributed by atoms with van der Waals surface area (Å²) in [7, 11) is 0. The monoisotopic (exact) mass is 301 g/mol. The molecule has 0 aliphatic heterocycles. The Morgan fingerprint density at radius 3 is 2.71 bits per heavy atom. The second-order valence-corrected chi connectivity index (χ2v) is 4.51. The van der Waals surface area contributed by atoms with Crippen LogP contribution in [0.4, 0.5) is 5.69 Å². The van der Waals surface area contributed by atoms with Crippen molar-refractivity contribution in [3.63, 3.8) is 0 Å². The Labute approximate surface area is 124 Å². The summed E-state index contributed by atoms with van der Waals surface area (Å²) < 4.78 is 5.71. The lowest BCUT2D eigenvalue weighted by atomic mass is 10.1. The number of non-ortho nitro benzene ring substituents is 1. The van der Waals surface area contributed by atoms with E-state index in [0.717, 1.165) is 0 Å². The summed E-state index contributed by atoms with van der Waals surface area (Å²) in [5.41, 5.74) is -0.0252. The van der Waals surface area contributed by atoms with Crippen molar-refractivity contribution in [1.82, 2.24) is 9.97 Å². The Hall–Kier alpha value is -2.73. The van der Waals surface area contributed by atoms with Gasteiger partial charge in [-0.3, -0.25) is 15.1 Å². The number of hydrogen-bond acceptors (Lipinski definition) is 5. The zero-order chi connectivity index (χ0) is 14.8. The van der Waals surface area contributed by atoms with Gasteiger partial charge >= 0.3 is 0 Å². The van der Waals surface area contributed by atoms with Gasteiger partial charge in [0.25, 0.3) is 5.69 Å². The fraction of sp³-hybridized carbons (Fsp3) is 0. The van der Waals surface area contributed by atoms with Gasteiger partial charge in [-0.15, -0.1) is 0 Å². The van der Waals surface area contributed by atoms with E-state index < -0.39 is 4.92 Å². The number of halogens is 1. The number of aromatic nitrogens is 2. The third-order valence-corrected chi connectivity index (χ3v) is 3.18. The van der Waals surface area contributed by atoms with Crippen molar-refractivity contribution in [2.45, 2.75) is 0 Å². The number of ether oxygens (including phenoxy) is 1. The molecule has 7 heteroatoms. The van der Waals surface area contributed by atoms with Gasteiger partial charge in [-0.2, -0.15) is 0 Å². The first kappa shape index (κ1) is 13.3. The summed E-state index contributed by atoms with van der Waals surface area (Å²) in [5, 5.41) is 12.3. The Morgan fingerprint density at radius 2 is 1.95 bits per heavy atom. The Bertz CT molecular complexity index is 839. The van der Waals surface area contributed by atoms with Crippen molar-refractivity contribution in [2.75, 3.05) is 0 Å². The molecular formula is C14H8ClN3O3. The number of hydrogen-bond donors (Lipinski definition) is 0. The van der Waals surface area contributed by atoms with Crippen molar-refractivity contribution in [2.24, 2.45) is 0 Å². The van der Waals surface area contributed by atoms with Gasteiger partial charge in [-0.1, -0.05) is 11.6 Å². The minimum Gasteiger partial charge on any atom is -0.453 e. The minimum atomic E-state index is -0.454. The van der Waals surface area contributed by atoms with E-state index in [-0.39, 0.29) is 10.8 Å². The van der Waals surface area contributed by atoms with Crippen molar-refractivity contribution in [3.05, 3.63) is 64.2 Å². The summed E-state index contributed by atoms with van der Waals surface area (Å²) in [6, 6.07) is 7.93. The van der Waals surface area contributed by atoms with Crippen LogP contribution in [-0.4, -0.2) is 14.9 Å². The van der Waals surface area contributed by atoms with Crippen LogP contribution in [0.1, 0.15) is 0 Å². The number of pyridine rings is 2. The lowest BCUT2D eigenvalue weighted by Crippen LogP contribution is -1.93. The zero-order valence-electron chi connectivity index (χ0n) is 10.6. The van der Waals surface area contributed by atoms with E-state index in [4.69, 9.17) is 16.3 Å². The Morgan fingerprint density at radius 1 is 1.10 bits per heavy atom. The molecule has 6 nitrogen and oxygen atoms in total. The van der Waals surface area contributed by atoms with E-state index in [9.17, 15) is 10.1 Å². The largest absolute Gasteiger partial charge is 0.453 e. The summed E-state index contributed by atoms with van der Waals surface area (Å²) in [6.07, 6.45) is 4.53. The molecule has 0 N–H and O–H groups in total. The highest BCUT2D eigenvalue weighted by Gasteiger charge is 2.16. The van der Waals surface area contributed by atoms with E-state index in [1.165, 1.54) is 18.3 Å². The molecule has 0 aliphatic carbocycles. The molecule has 0 saturated heterocycles. The first-order valence-corrected chi connectivity index (χ1v) is 6.34. The van der Waals surface area contributed by atoms with Gasteiger partial charge in [0.15, 0.2) is 10.9 Å². The number of nitro benzene ring substituents is 1. The average molecular weight is 302 g/mol. The van der Waals surface area contributed by atoms with E-state index in [0.29, 0.717) is 22.3 Å². The minimum absolute atomic E-state index is 0.0252. The standard InChI is InChI=1S/C14H8ClN3O3/c15-14-13(2-1-6-17-14)21-12-4-3-11(18(19)20)10-8-16-7-5-9(10)12/h1-8H. The first-order chi connectivity index (χ1) is 10.2. The van der Waals surface area contributed by atoms with Crippen LogP contribution < -0.4 is 4.74 Å². The quantitative estimate of drug-likeness (QED) is 0.415. The summed E-state index contributed by atoms with van der Waals surface area (Å²) in [5.74, 6) is 0.832. The fourth-order valence-electron chi connectivity index (χ4n) is 1.96. The number of benzene rings is 1. The van der Waals surface area contributed by atoms with Gasteiger partial charge in [-0.05, 0) is 24.3 Å². The molecule has 0 aliphatic rings. The van der Waals surface area contributed by atoms with Crippen LogP contribution in [0.5, 0.6) is 11.5 Å². The highest BCUT2D eigenvalue weighted by molar-refractivity contribution is 6.30. The molecule has 0 unspecified atom stereocenters. The molecule has 1 aromatic carbocycles. The summed E-state index contributed by atoms with van der Waals surface area (Å²) >= 11 is 5.95. The van der Waals surface area contributed by atoms with E-state index in [1.807, 2.05) is 0 Å². The van der Waals surface area contributed by atoms with E-state index in [1.54, 1.807) is 30.6 Å². The van der Waals surface area contributed by atoms with Crippen LogP contribution in [0, 0.1) is 10.1 Å². The molecule has 104 valence electrons. The molecule has 0 saturated carbocycles. The number of nitro groups is 1. The third kappa shape index (κ3) is 2.48. The first-order valence-electron chi connectivity index (χ1n) is 5.96. The van der Waals surface area contributed by atoms with Gasteiger partial charge in [0.2, 0.25) is 0 Å². The van der Waals surface area contributed by atoms with Crippen LogP contribution in [0.15, 0.2) is 48.9 Å². The molecule has 2 heterocycles. The number of rotatable bonds is 3. The van der Waals surface area contributed by atoms with Gasteiger partial charge in [0.1, 0.15) is 5.75 Å². The molecule has 0 bridgehead atoms. The average Bonchev–Trinajstić information content (AvgIpc) is 2.49. The van der Waals surface area contributed by atoms with Gasteiger partial charge in [-0.25, -0.2) is 4.98 Å². The molecule has 0 atom stereocenters. The highest BCUT2D eigenvalue weighted by Crippen LogP contribution is 2.36. The predicted molar refractivity (Wildman–Crippen MR) is 77.7 cm³/mol. The highest BCUT2D eigenvalue weighted by atomic mass is 35.5. The molecule has 0 fully saturated rings. The third-order valence-electron chi connectivity index (χ3n) is 2.90. The zero-order valence-corrected chi connectivity index (χ0v) is 11.3. The molecular weight excluding hydrogens is 294 g/mol. The molecule has 3 aromatic rings. The molecule has 3 rings (SSSR count). The summed E-state index contributed by atoms with van der Waals surface area (Å²) in [6.45, 7) is 0. The lowest BCUT2D eigenvalue weighted by Gasteiger charge is -2.09. The van der Waals surface area contributed by atoms with E-state index >= 15 is 0 Å². The second-order valence-electron chi connectivity index (χ2n) is 4.16. The number of nitrogens with zero attached hydrogens (tertiary/aromatic N) is 3. The second kappa shape index (κ2) is 5.34. The molecule has 0 radical (unpaired) electrons. The Kier molecular flexibility index (Phi) is 3.37. The predicted octanol–water partition coefficient (Wildman–Crippen LogP) is 3.98. The maximum absolute atomic E-state index is 11.0. The lowest BCUT2D eigenvalue weighted by molar-refractivity contribution is -0.383. The molecule has 0 amide bonds. The van der Waals surface area contributed by atoms with Crippen molar-refractivity contribution >= 4 is 28.1 Å². The fourth-order valence-corrected chi connectivity index (χ4v) is 2.12. The van der Waals surface area contributed by atoms with Crippen molar-refractivity contribution in [3.8, 4) is 11.5 Å². The van der Waals surface area contributed by atoms with Crippen LogP contribution in [0.2, 0.25) is 5.15 Å².